The van der Waals surface area contributed by atoms with E-state index in [0.29, 0.717) is 0 Å². The second-order valence-electron chi connectivity index (χ2n) is 33.7. The van der Waals surface area contributed by atoms with Crippen LogP contribution < -0.4 is 19.6 Å². The zero-order valence-electron chi connectivity index (χ0n) is 76.1. The number of hydrogen-bond acceptors (Lipinski definition) is 5. The predicted octanol–water partition coefficient (Wildman–Crippen LogP) is 35.1. The minimum Gasteiger partial charge on any atom is -0.327 e. The Bertz CT molecular complexity index is 7610. The highest BCUT2D eigenvalue weighted by Crippen LogP contribution is 2.43. The van der Waals surface area contributed by atoms with Gasteiger partial charge in [0.15, 0.2) is 0 Å². The van der Waals surface area contributed by atoms with Gasteiger partial charge < -0.3 is 28.7 Å². The second kappa shape index (κ2) is 41.1. The molecule has 23 aromatic rings. The van der Waals surface area contributed by atoms with Gasteiger partial charge in [-0.25, -0.2) is 4.98 Å². The fourth-order valence-electron chi connectivity index (χ4n) is 17.2. The van der Waals surface area contributed by atoms with Crippen molar-refractivity contribution in [3.63, 3.8) is 0 Å². The highest BCUT2D eigenvalue weighted by atomic mass is 15.2. The van der Waals surface area contributed by atoms with Crippen LogP contribution in [0.5, 0.6) is 0 Å². The van der Waals surface area contributed by atoms with E-state index in [1.807, 2.05) is 30.3 Å². The Kier molecular flexibility index (Phi) is 26.8. The van der Waals surface area contributed by atoms with Gasteiger partial charge in [0.2, 0.25) is 0 Å². The van der Waals surface area contributed by atoms with Crippen LogP contribution in [0, 0.1) is 41.5 Å². The van der Waals surface area contributed by atoms with E-state index in [9.17, 15) is 0 Å². The van der Waals surface area contributed by atoms with E-state index in [1.165, 1.54) is 149 Å². The number of imidazole rings is 1. The number of benzene rings is 21. The van der Waals surface area contributed by atoms with Crippen LogP contribution in [-0.4, -0.2) is 14.1 Å². The van der Waals surface area contributed by atoms with Crippen molar-refractivity contribution < 1.29 is 0 Å². The summed E-state index contributed by atoms with van der Waals surface area (Å²) in [4.78, 5) is 13.9. The lowest BCUT2D eigenvalue weighted by Gasteiger charge is -2.26. The van der Waals surface area contributed by atoms with Crippen molar-refractivity contribution in [3.8, 4) is 17.1 Å². The first-order valence-electron chi connectivity index (χ1n) is 45.5. The molecule has 0 radical (unpaired) electrons. The Balaban J connectivity index is 0.000000108. The molecule has 0 aliphatic rings. The summed E-state index contributed by atoms with van der Waals surface area (Å²) in [5, 5.41) is 12.7. The number of para-hydroxylation sites is 8. The van der Waals surface area contributed by atoms with Crippen LogP contribution in [0.2, 0.25) is 0 Å². The highest BCUT2D eigenvalue weighted by molar-refractivity contribution is 6.09. The number of aromatic nitrogens is 3. The van der Waals surface area contributed by atoms with Gasteiger partial charge in [0, 0.05) is 97.0 Å². The number of hydrogen-bond donors (Lipinski definition) is 0. The summed E-state index contributed by atoms with van der Waals surface area (Å²) in [6, 6.07) is 180. The molecule has 0 bridgehead atoms. The molecule has 21 aromatic carbocycles. The molecule has 0 amide bonds. The monoisotopic (exact) mass is 1720 g/mol. The fourth-order valence-corrected chi connectivity index (χ4v) is 17.2. The van der Waals surface area contributed by atoms with E-state index in [2.05, 4.69) is 562 Å². The van der Waals surface area contributed by atoms with Gasteiger partial charge in [-0.3, -0.25) is 0 Å². The summed E-state index contributed by atoms with van der Waals surface area (Å²) < 4.78 is 4.48. The van der Waals surface area contributed by atoms with E-state index >= 15 is 0 Å². The predicted molar refractivity (Wildman–Crippen MR) is 570 cm³/mol. The topological polar surface area (TPSA) is 35.7 Å². The molecule has 644 valence electrons. The van der Waals surface area contributed by atoms with Crippen molar-refractivity contribution in [2.75, 3.05) is 19.6 Å². The number of anilines is 12. The summed E-state index contributed by atoms with van der Waals surface area (Å²) in [7, 11) is 2.06. The maximum Gasteiger partial charge on any atom is 0.140 e. The molecule has 0 saturated carbocycles. The average molecular weight is 1720 g/mol. The summed E-state index contributed by atoms with van der Waals surface area (Å²) in [5.74, 6) is 1.02. The number of rotatable bonds is 14. The minimum atomic E-state index is 1.02. The van der Waals surface area contributed by atoms with Crippen LogP contribution in [0.1, 0.15) is 33.4 Å². The van der Waals surface area contributed by atoms with Crippen LogP contribution in [0.25, 0.3) is 93.0 Å². The molecule has 133 heavy (non-hydrogen) atoms. The van der Waals surface area contributed by atoms with Gasteiger partial charge in [-0.15, -0.1) is 0 Å². The first kappa shape index (κ1) is 86.8. The van der Waals surface area contributed by atoms with Crippen molar-refractivity contribution >= 4 is 144 Å². The summed E-state index contributed by atoms with van der Waals surface area (Å²) in [6.07, 6.45) is 0. The van der Waals surface area contributed by atoms with Gasteiger partial charge in [0.25, 0.3) is 0 Å². The Morgan fingerprint density at radius 1 is 0.188 bits per heavy atom. The van der Waals surface area contributed by atoms with Crippen molar-refractivity contribution in [1.29, 1.82) is 0 Å². The van der Waals surface area contributed by atoms with Crippen LogP contribution in [0.15, 0.2) is 510 Å². The van der Waals surface area contributed by atoms with Gasteiger partial charge in [0.05, 0.1) is 27.8 Å². The van der Waals surface area contributed by atoms with Gasteiger partial charge in [-0.05, 0) is 255 Å². The molecular weight excluding hydrogens is 1610 g/mol. The van der Waals surface area contributed by atoms with Crippen molar-refractivity contribution in [2.24, 2.45) is 7.05 Å². The van der Waals surface area contributed by atoms with Gasteiger partial charge in [-0.1, -0.05) is 367 Å². The number of nitrogens with zero attached hydrogens (tertiary/aromatic N) is 7. The largest absolute Gasteiger partial charge is 0.327 e. The smallest absolute Gasteiger partial charge is 0.140 e. The summed E-state index contributed by atoms with van der Waals surface area (Å²) >= 11 is 0. The van der Waals surface area contributed by atoms with E-state index < -0.39 is 0 Å². The van der Waals surface area contributed by atoms with E-state index in [4.69, 9.17) is 0 Å². The van der Waals surface area contributed by atoms with Crippen LogP contribution in [-0.2, 0) is 7.05 Å². The van der Waals surface area contributed by atoms with Crippen LogP contribution in [0.4, 0.5) is 68.2 Å². The Morgan fingerprint density at radius 3 is 0.835 bits per heavy atom. The third-order valence-corrected chi connectivity index (χ3v) is 24.2. The normalized spacial score (nSPS) is 10.8. The maximum atomic E-state index is 4.68. The van der Waals surface area contributed by atoms with E-state index in [-0.39, 0.29) is 0 Å². The standard InChI is InChI=1S/C27H21N.2C23H19N.C19H15N.C19H17N.C15H14N2/c1-20-10-14-25(15-11-20)28(26-16-12-21-6-2-4-8-23(21)18-26)27-17-13-22-7-3-5-9-24(22)19-27;1-18-14-16-21(17-15-18)24(20-10-3-2-4-11-20)23-13-7-9-19-8-5-6-12-22(19)23;1-18-11-14-22(15-12-18)24(21-9-3-2-4-10-21)23-16-13-19-7-5-6-8-20(19)17-23;1-14-10-12-15(13-11-14)20-18-8-4-2-6-16(18)17-7-3-5-9-19(17)20;1-16-12-14-19(15-13-16)20(17-8-4-2-5-9-17)18-10-6-3-7-11-18;1-11-7-9-12(10-8-11)15-16-13-5-3-4-6-14(13)17(15)2/h2-19H,1H3;2*2-17H,1H3;2-13H,1H3;2-15H,1H3;3-10H,1-2H3. The Labute approximate surface area is 781 Å². The molecule has 0 atom stereocenters. The van der Waals surface area contributed by atoms with E-state index in [0.717, 1.165) is 45.3 Å². The van der Waals surface area contributed by atoms with Crippen LogP contribution >= 0.6 is 0 Å². The first-order chi connectivity index (χ1) is 65.4. The average Bonchev–Trinajstić information content (AvgIpc) is 1.59. The highest BCUT2D eigenvalue weighted by Gasteiger charge is 2.20. The first-order valence-corrected chi connectivity index (χ1v) is 45.5. The van der Waals surface area contributed by atoms with Crippen LogP contribution in [0.3, 0.4) is 0 Å². The molecular formula is C126H105N7. The van der Waals surface area contributed by atoms with Gasteiger partial charge in [-0.2, -0.15) is 0 Å². The fraction of sp³-hybridized carbons (Fsp3) is 0.0556. The molecule has 0 fully saturated rings. The lowest BCUT2D eigenvalue weighted by atomic mass is 10.1. The maximum absolute atomic E-state index is 4.68. The second-order valence-corrected chi connectivity index (χ2v) is 33.7. The quantitative estimate of drug-likeness (QED) is 0.108. The third kappa shape index (κ3) is 20.3. The zero-order chi connectivity index (χ0) is 90.8. The lowest BCUT2D eigenvalue weighted by molar-refractivity contribution is 0.959. The summed E-state index contributed by atoms with van der Waals surface area (Å²) in [6.45, 7) is 12.7. The molecule has 0 spiro atoms. The SMILES string of the molecule is Cc1ccc(-c2nc3ccccc3n2C)cc1.Cc1ccc(-n2c3ccccc3c3ccccc32)cc1.Cc1ccc(N(c2ccc3ccccc3c2)c2ccc3ccccc3c2)cc1.Cc1ccc(N(c2ccccc2)c2ccc3ccccc3c2)cc1.Cc1ccc(N(c2ccccc2)c2cccc3ccccc23)cc1.Cc1ccc(N(c2ccccc2)c2ccccc2)cc1. The molecule has 0 aliphatic heterocycles. The minimum absolute atomic E-state index is 1.02. The molecule has 7 nitrogen and oxygen atoms in total. The Morgan fingerprint density at radius 2 is 0.451 bits per heavy atom. The van der Waals surface area contributed by atoms with Crippen molar-refractivity contribution in [2.45, 2.75) is 41.5 Å². The molecule has 23 rings (SSSR count). The Hall–Kier alpha value is -16.9. The zero-order valence-corrected chi connectivity index (χ0v) is 76.1. The molecule has 7 heteroatoms. The number of fused-ring (bicyclic) bond motifs is 8. The van der Waals surface area contributed by atoms with Crippen molar-refractivity contribution in [3.05, 3.63) is 543 Å². The van der Waals surface area contributed by atoms with E-state index in [1.54, 1.807) is 0 Å². The third-order valence-electron chi connectivity index (χ3n) is 24.2. The molecule has 0 saturated heterocycles. The van der Waals surface area contributed by atoms with Crippen molar-refractivity contribution in [1.82, 2.24) is 14.1 Å². The molecule has 0 unspecified atom stereocenters. The number of aryl methyl sites for hydroxylation is 7. The molecule has 2 heterocycles. The molecule has 0 N–H and O–H groups in total. The molecule has 0 aliphatic carbocycles. The lowest BCUT2D eigenvalue weighted by Crippen LogP contribution is -2.10. The van der Waals surface area contributed by atoms with Gasteiger partial charge in [0.1, 0.15) is 5.82 Å². The molecule has 2 aromatic heterocycles. The summed E-state index contributed by atoms with van der Waals surface area (Å²) in [5.41, 5.74) is 28.8. The van der Waals surface area contributed by atoms with Gasteiger partial charge >= 0.3 is 0 Å².